The molecular weight excluding hydrogens is 394 g/mol. The number of aliphatic imine (C=N–C) groups is 1. The quantitative estimate of drug-likeness (QED) is 0.626. The first kappa shape index (κ1) is 23.3. The minimum atomic E-state index is -1.21. The van der Waals surface area contributed by atoms with Gasteiger partial charge in [-0.05, 0) is 39.5 Å². The number of nitrogens with zero attached hydrogens (tertiary/aromatic N) is 2. The molecule has 2 heterocycles. The molecule has 0 aromatic carbocycles. The number of hydrogen-bond donors (Lipinski definition) is 1. The number of thioether (sulfide) groups is 1. The Morgan fingerprint density at radius 1 is 1.17 bits per heavy atom. The number of carbonyl (C=O) groups excluding carboxylic acids is 3. The summed E-state index contributed by atoms with van der Waals surface area (Å²) in [6, 6.07) is -1.21. The number of esters is 2. The van der Waals surface area contributed by atoms with Crippen molar-refractivity contribution in [1.29, 1.82) is 0 Å². The molecule has 2 aliphatic rings. The van der Waals surface area contributed by atoms with Gasteiger partial charge in [-0.25, -0.2) is 14.6 Å². The third kappa shape index (κ3) is 5.52. The summed E-state index contributed by atoms with van der Waals surface area (Å²) in [5.74, 6) is -1.24. The smallest absolute Gasteiger partial charge is 0.340 e. The zero-order valence-corrected chi connectivity index (χ0v) is 19.1. The van der Waals surface area contributed by atoms with Crippen LogP contribution < -0.4 is 5.32 Å². The van der Waals surface area contributed by atoms with E-state index in [1.165, 1.54) is 16.7 Å². The van der Waals surface area contributed by atoms with E-state index in [-0.39, 0.29) is 41.7 Å². The van der Waals surface area contributed by atoms with E-state index < -0.39 is 23.5 Å². The van der Waals surface area contributed by atoms with E-state index in [0.29, 0.717) is 5.17 Å². The van der Waals surface area contributed by atoms with Crippen LogP contribution in [0.4, 0.5) is 0 Å². The van der Waals surface area contributed by atoms with Crippen molar-refractivity contribution in [3.05, 3.63) is 11.4 Å². The lowest BCUT2D eigenvalue weighted by Crippen LogP contribution is -2.53. The van der Waals surface area contributed by atoms with Gasteiger partial charge >= 0.3 is 11.9 Å². The molecule has 29 heavy (non-hydrogen) atoms. The molecule has 9 heteroatoms. The van der Waals surface area contributed by atoms with Gasteiger partial charge in [-0.3, -0.25) is 9.69 Å². The first-order chi connectivity index (χ1) is 13.4. The number of carbonyl (C=O) groups is 3. The van der Waals surface area contributed by atoms with Crippen molar-refractivity contribution in [3.8, 4) is 0 Å². The SMILES string of the molecule is CCOC(=O)C1=C(NC(C)(C)CC(C)(C)C)N=C2SCC(=O)N2C1C(=O)OCC. The molecule has 1 fully saturated rings. The maximum atomic E-state index is 12.9. The highest BCUT2D eigenvalue weighted by Crippen LogP contribution is 2.35. The molecule has 0 bridgehead atoms. The Kier molecular flexibility index (Phi) is 7.03. The van der Waals surface area contributed by atoms with Crippen LogP contribution in [0.25, 0.3) is 0 Å². The van der Waals surface area contributed by atoms with Gasteiger partial charge in [-0.15, -0.1) is 0 Å². The molecule has 0 aliphatic carbocycles. The van der Waals surface area contributed by atoms with Crippen LogP contribution in [-0.2, 0) is 23.9 Å². The Balaban J connectivity index is 2.57. The Morgan fingerprint density at radius 3 is 2.34 bits per heavy atom. The number of amidine groups is 1. The highest BCUT2D eigenvalue weighted by Gasteiger charge is 2.48. The Morgan fingerprint density at radius 2 is 1.79 bits per heavy atom. The van der Waals surface area contributed by atoms with Gasteiger partial charge in [0.2, 0.25) is 5.91 Å². The maximum Gasteiger partial charge on any atom is 0.340 e. The molecule has 0 saturated carbocycles. The predicted octanol–water partition coefficient (Wildman–Crippen LogP) is 2.44. The van der Waals surface area contributed by atoms with Crippen LogP contribution in [0.15, 0.2) is 16.4 Å². The third-order valence-corrected chi connectivity index (χ3v) is 5.17. The summed E-state index contributed by atoms with van der Waals surface area (Å²) in [5.41, 5.74) is -0.399. The average Bonchev–Trinajstić information content (AvgIpc) is 2.92. The second kappa shape index (κ2) is 8.77. The molecule has 0 radical (unpaired) electrons. The first-order valence-corrected chi connectivity index (χ1v) is 10.8. The lowest BCUT2D eigenvalue weighted by molar-refractivity contribution is -0.152. The second-order valence-corrected chi connectivity index (χ2v) is 9.77. The van der Waals surface area contributed by atoms with E-state index in [1.54, 1.807) is 13.8 Å². The molecule has 1 saturated heterocycles. The molecule has 162 valence electrons. The molecule has 1 N–H and O–H groups in total. The van der Waals surface area contributed by atoms with Crippen molar-refractivity contribution in [3.63, 3.8) is 0 Å². The van der Waals surface area contributed by atoms with Gasteiger partial charge in [0.15, 0.2) is 11.2 Å². The van der Waals surface area contributed by atoms with Crippen molar-refractivity contribution >= 4 is 34.8 Å². The van der Waals surface area contributed by atoms with Crippen molar-refractivity contribution in [2.75, 3.05) is 19.0 Å². The van der Waals surface area contributed by atoms with E-state index in [4.69, 9.17) is 9.47 Å². The zero-order chi connectivity index (χ0) is 22.0. The minimum Gasteiger partial charge on any atom is -0.464 e. The summed E-state index contributed by atoms with van der Waals surface area (Å²) >= 11 is 1.24. The van der Waals surface area contributed by atoms with Crippen LogP contribution in [0.1, 0.15) is 54.9 Å². The molecule has 2 rings (SSSR count). The van der Waals surface area contributed by atoms with Gasteiger partial charge in [0.05, 0.1) is 19.0 Å². The molecule has 1 atom stereocenters. The zero-order valence-electron chi connectivity index (χ0n) is 18.2. The number of hydrogen-bond acceptors (Lipinski definition) is 8. The van der Waals surface area contributed by atoms with Crippen molar-refractivity contribution < 1.29 is 23.9 Å². The third-order valence-electron chi connectivity index (χ3n) is 4.23. The lowest BCUT2D eigenvalue weighted by Gasteiger charge is -2.37. The Hall–Kier alpha value is -2.03. The Bertz CT molecular complexity index is 752. The molecule has 1 unspecified atom stereocenters. The average molecular weight is 426 g/mol. The monoisotopic (exact) mass is 425 g/mol. The number of amides is 1. The predicted molar refractivity (Wildman–Crippen MR) is 112 cm³/mol. The fourth-order valence-electron chi connectivity index (χ4n) is 3.77. The molecule has 0 aromatic rings. The van der Waals surface area contributed by atoms with Crippen LogP contribution >= 0.6 is 11.8 Å². The molecule has 8 nitrogen and oxygen atoms in total. The van der Waals surface area contributed by atoms with E-state index in [0.717, 1.165) is 6.42 Å². The van der Waals surface area contributed by atoms with Crippen LogP contribution in [0.2, 0.25) is 0 Å². The lowest BCUT2D eigenvalue weighted by atomic mass is 9.81. The van der Waals surface area contributed by atoms with Gasteiger partial charge < -0.3 is 14.8 Å². The number of nitrogens with one attached hydrogen (secondary N) is 1. The summed E-state index contributed by atoms with van der Waals surface area (Å²) in [5, 5.41) is 3.71. The largest absolute Gasteiger partial charge is 0.464 e. The topological polar surface area (TPSA) is 97.3 Å². The van der Waals surface area contributed by atoms with Crippen LogP contribution in [0.5, 0.6) is 0 Å². The molecule has 2 aliphatic heterocycles. The van der Waals surface area contributed by atoms with Crippen molar-refractivity contribution in [2.45, 2.75) is 66.5 Å². The summed E-state index contributed by atoms with van der Waals surface area (Å²) in [6.07, 6.45) is 0.782. The molecular formula is C20H31N3O5S. The first-order valence-electron chi connectivity index (χ1n) is 9.80. The molecule has 0 spiro atoms. The maximum absolute atomic E-state index is 12.9. The van der Waals surface area contributed by atoms with E-state index in [2.05, 4.69) is 31.1 Å². The number of rotatable bonds is 7. The van der Waals surface area contributed by atoms with Crippen LogP contribution in [0, 0.1) is 5.41 Å². The van der Waals surface area contributed by atoms with Crippen molar-refractivity contribution in [1.82, 2.24) is 10.2 Å². The normalized spacial score (nSPS) is 19.7. The van der Waals surface area contributed by atoms with Gasteiger partial charge in [0, 0.05) is 5.54 Å². The standard InChI is InChI=1S/C20H31N3O5S/c1-8-27-16(25)13-14(17(26)28-9-2)23-12(24)10-29-18(23)21-15(13)22-20(6,7)11-19(3,4)5/h14,22H,8-11H2,1-7H3. The number of fused-ring (bicyclic) bond motifs is 1. The van der Waals surface area contributed by atoms with Crippen LogP contribution in [-0.4, -0.2) is 58.5 Å². The molecule has 0 aromatic heterocycles. The van der Waals surface area contributed by atoms with Gasteiger partial charge in [-0.1, -0.05) is 32.5 Å². The highest BCUT2D eigenvalue weighted by molar-refractivity contribution is 8.15. The van der Waals surface area contributed by atoms with Gasteiger partial charge in [-0.2, -0.15) is 0 Å². The highest BCUT2D eigenvalue weighted by atomic mass is 32.2. The van der Waals surface area contributed by atoms with Crippen LogP contribution in [0.3, 0.4) is 0 Å². The minimum absolute atomic E-state index is 0.00637. The van der Waals surface area contributed by atoms with Crippen molar-refractivity contribution in [2.24, 2.45) is 10.4 Å². The summed E-state index contributed by atoms with van der Waals surface area (Å²) in [7, 11) is 0. The summed E-state index contributed by atoms with van der Waals surface area (Å²) in [6.45, 7) is 14.0. The Labute approximate surface area is 176 Å². The molecule has 1 amide bonds. The van der Waals surface area contributed by atoms with E-state index in [9.17, 15) is 14.4 Å². The summed E-state index contributed by atoms with van der Waals surface area (Å²) in [4.78, 5) is 43.9. The summed E-state index contributed by atoms with van der Waals surface area (Å²) < 4.78 is 10.4. The fourth-order valence-corrected chi connectivity index (χ4v) is 4.67. The second-order valence-electron chi connectivity index (χ2n) is 8.83. The van der Waals surface area contributed by atoms with E-state index >= 15 is 0 Å². The van der Waals surface area contributed by atoms with Gasteiger partial charge in [0.1, 0.15) is 11.4 Å². The van der Waals surface area contributed by atoms with Gasteiger partial charge in [0.25, 0.3) is 0 Å². The fraction of sp³-hybridized carbons (Fsp3) is 0.700. The van der Waals surface area contributed by atoms with E-state index in [1.807, 2.05) is 13.8 Å². The number of ether oxygens (including phenoxy) is 2.